The van der Waals surface area contributed by atoms with Crippen molar-refractivity contribution in [2.45, 2.75) is 13.8 Å². The molecular formula is C11H14ClFOS. The Hall–Kier alpha value is -0.410. The first-order valence-corrected chi connectivity index (χ1v) is 5.64. The Kier molecular flexibility index (Phi) is 4.29. The summed E-state index contributed by atoms with van der Waals surface area (Å²) in [7, 11) is 0. The number of hydrogen-bond acceptors (Lipinski definition) is 2. The SMILES string of the molecule is CC(C)(CS)COc1ccc(F)c(Cl)c1. The van der Waals surface area contributed by atoms with E-state index in [1.54, 1.807) is 6.07 Å². The molecule has 0 amide bonds. The van der Waals surface area contributed by atoms with Crippen LogP contribution in [-0.2, 0) is 0 Å². The average molecular weight is 249 g/mol. The van der Waals surface area contributed by atoms with Gasteiger partial charge in [0.15, 0.2) is 0 Å². The molecule has 0 unspecified atom stereocenters. The van der Waals surface area contributed by atoms with E-state index in [0.717, 1.165) is 5.75 Å². The summed E-state index contributed by atoms with van der Waals surface area (Å²) in [6.07, 6.45) is 0. The highest BCUT2D eigenvalue weighted by atomic mass is 35.5. The molecule has 0 N–H and O–H groups in total. The highest BCUT2D eigenvalue weighted by Crippen LogP contribution is 2.24. The lowest BCUT2D eigenvalue weighted by atomic mass is 9.98. The Morgan fingerprint density at radius 2 is 2.13 bits per heavy atom. The maximum absolute atomic E-state index is 12.8. The van der Waals surface area contributed by atoms with Crippen molar-refractivity contribution in [2.24, 2.45) is 5.41 Å². The number of halogens is 2. The van der Waals surface area contributed by atoms with E-state index in [4.69, 9.17) is 16.3 Å². The van der Waals surface area contributed by atoms with Gasteiger partial charge in [0.25, 0.3) is 0 Å². The largest absolute Gasteiger partial charge is 0.493 e. The predicted molar refractivity (Wildman–Crippen MR) is 64.5 cm³/mol. The maximum Gasteiger partial charge on any atom is 0.142 e. The molecule has 0 saturated carbocycles. The first kappa shape index (κ1) is 12.7. The van der Waals surface area contributed by atoms with E-state index in [1.807, 2.05) is 13.8 Å². The third-order valence-corrected chi connectivity index (χ3v) is 3.09. The zero-order valence-electron chi connectivity index (χ0n) is 8.76. The van der Waals surface area contributed by atoms with Gasteiger partial charge in [-0.15, -0.1) is 0 Å². The van der Waals surface area contributed by atoms with Gasteiger partial charge < -0.3 is 4.74 Å². The average Bonchev–Trinajstić information content (AvgIpc) is 2.20. The molecule has 1 nitrogen and oxygen atoms in total. The summed E-state index contributed by atoms with van der Waals surface area (Å²) in [6.45, 7) is 4.62. The Morgan fingerprint density at radius 1 is 1.47 bits per heavy atom. The van der Waals surface area contributed by atoms with Crippen molar-refractivity contribution in [2.75, 3.05) is 12.4 Å². The number of rotatable bonds is 4. The fourth-order valence-corrected chi connectivity index (χ4v) is 1.15. The van der Waals surface area contributed by atoms with Gasteiger partial charge >= 0.3 is 0 Å². The molecule has 1 aromatic carbocycles. The highest BCUT2D eigenvalue weighted by Gasteiger charge is 2.16. The molecule has 0 aromatic heterocycles. The normalized spacial score (nSPS) is 11.5. The molecule has 1 aromatic rings. The molecule has 1 rings (SSSR count). The van der Waals surface area contributed by atoms with Gasteiger partial charge in [-0.3, -0.25) is 0 Å². The van der Waals surface area contributed by atoms with Crippen molar-refractivity contribution < 1.29 is 9.13 Å². The van der Waals surface area contributed by atoms with Gasteiger partial charge in [-0.05, 0) is 17.9 Å². The summed E-state index contributed by atoms with van der Waals surface area (Å²) < 4.78 is 18.3. The van der Waals surface area contributed by atoms with Crippen molar-refractivity contribution in [3.8, 4) is 5.75 Å². The van der Waals surface area contributed by atoms with Crippen LogP contribution in [0.5, 0.6) is 5.75 Å². The van der Waals surface area contributed by atoms with Crippen LogP contribution in [0.1, 0.15) is 13.8 Å². The summed E-state index contributed by atoms with van der Waals surface area (Å²) in [5.41, 5.74) is -0.00995. The van der Waals surface area contributed by atoms with Crippen LogP contribution in [0.2, 0.25) is 5.02 Å². The first-order valence-electron chi connectivity index (χ1n) is 4.63. The van der Waals surface area contributed by atoms with Gasteiger partial charge in [-0.25, -0.2) is 4.39 Å². The third-order valence-electron chi connectivity index (χ3n) is 1.95. The summed E-state index contributed by atoms with van der Waals surface area (Å²) in [6, 6.07) is 4.34. The molecule has 0 heterocycles. The lowest BCUT2D eigenvalue weighted by molar-refractivity contribution is 0.202. The zero-order valence-corrected chi connectivity index (χ0v) is 10.4. The van der Waals surface area contributed by atoms with E-state index in [-0.39, 0.29) is 10.4 Å². The molecule has 0 spiro atoms. The topological polar surface area (TPSA) is 9.23 Å². The lowest BCUT2D eigenvalue weighted by Crippen LogP contribution is -2.23. The number of hydrogen-bond donors (Lipinski definition) is 1. The molecular weight excluding hydrogens is 235 g/mol. The van der Waals surface area contributed by atoms with E-state index in [2.05, 4.69) is 12.6 Å². The Labute approximate surface area is 100.0 Å². The molecule has 0 radical (unpaired) electrons. The Bertz CT molecular complexity index is 341. The number of benzene rings is 1. The van der Waals surface area contributed by atoms with Gasteiger partial charge in [0.2, 0.25) is 0 Å². The van der Waals surface area contributed by atoms with E-state index in [0.29, 0.717) is 12.4 Å². The maximum atomic E-state index is 12.8. The molecule has 0 saturated heterocycles. The Morgan fingerprint density at radius 3 is 2.67 bits per heavy atom. The summed E-state index contributed by atoms with van der Waals surface area (Å²) >= 11 is 9.85. The van der Waals surface area contributed by atoms with E-state index >= 15 is 0 Å². The molecule has 0 aliphatic carbocycles. The molecule has 0 aliphatic rings. The monoisotopic (exact) mass is 248 g/mol. The van der Waals surface area contributed by atoms with Crippen LogP contribution in [0, 0.1) is 11.2 Å². The summed E-state index contributed by atoms with van der Waals surface area (Å²) in [5.74, 6) is 0.871. The van der Waals surface area contributed by atoms with Crippen LogP contribution in [0.4, 0.5) is 4.39 Å². The van der Waals surface area contributed by atoms with Gasteiger partial charge in [-0.2, -0.15) is 12.6 Å². The number of thiol groups is 1. The van der Waals surface area contributed by atoms with Crippen LogP contribution in [0.25, 0.3) is 0 Å². The van der Waals surface area contributed by atoms with Gasteiger partial charge in [0.1, 0.15) is 11.6 Å². The van der Waals surface area contributed by atoms with Crippen LogP contribution in [0.15, 0.2) is 18.2 Å². The van der Waals surface area contributed by atoms with E-state index in [1.165, 1.54) is 12.1 Å². The lowest BCUT2D eigenvalue weighted by Gasteiger charge is -2.22. The van der Waals surface area contributed by atoms with Crippen LogP contribution in [-0.4, -0.2) is 12.4 Å². The van der Waals surface area contributed by atoms with Crippen molar-refractivity contribution in [3.05, 3.63) is 29.0 Å². The van der Waals surface area contributed by atoms with Crippen molar-refractivity contribution >= 4 is 24.2 Å². The predicted octanol–water partition coefficient (Wildman–Crippen LogP) is 3.81. The standard InChI is InChI=1S/C11H14ClFOS/c1-11(2,7-15)6-14-8-3-4-10(13)9(12)5-8/h3-5,15H,6-7H2,1-2H3. The van der Waals surface area contributed by atoms with Gasteiger partial charge in [0, 0.05) is 11.5 Å². The second kappa shape index (κ2) is 5.08. The minimum absolute atomic E-state index is 0.00995. The summed E-state index contributed by atoms with van der Waals surface area (Å²) in [4.78, 5) is 0. The van der Waals surface area contributed by atoms with E-state index in [9.17, 15) is 4.39 Å². The molecule has 15 heavy (non-hydrogen) atoms. The molecule has 0 fully saturated rings. The second-order valence-electron chi connectivity index (χ2n) is 4.19. The fraction of sp³-hybridized carbons (Fsp3) is 0.455. The van der Waals surface area contributed by atoms with Crippen LogP contribution < -0.4 is 4.74 Å². The van der Waals surface area contributed by atoms with Gasteiger partial charge in [0.05, 0.1) is 11.6 Å². The quantitative estimate of drug-likeness (QED) is 0.798. The second-order valence-corrected chi connectivity index (χ2v) is 4.91. The van der Waals surface area contributed by atoms with Crippen molar-refractivity contribution in [3.63, 3.8) is 0 Å². The molecule has 0 aliphatic heterocycles. The Balaban J connectivity index is 2.62. The van der Waals surface area contributed by atoms with Crippen LogP contribution in [0.3, 0.4) is 0 Å². The smallest absolute Gasteiger partial charge is 0.142 e. The fourth-order valence-electron chi connectivity index (χ4n) is 0.891. The van der Waals surface area contributed by atoms with Crippen LogP contribution >= 0.6 is 24.2 Å². The zero-order chi connectivity index (χ0) is 11.5. The minimum atomic E-state index is -0.433. The number of ether oxygens (including phenoxy) is 1. The third kappa shape index (κ3) is 3.92. The van der Waals surface area contributed by atoms with Crippen molar-refractivity contribution in [1.82, 2.24) is 0 Å². The molecule has 4 heteroatoms. The van der Waals surface area contributed by atoms with Gasteiger partial charge in [-0.1, -0.05) is 25.4 Å². The molecule has 84 valence electrons. The minimum Gasteiger partial charge on any atom is -0.493 e. The molecule has 0 bridgehead atoms. The highest BCUT2D eigenvalue weighted by molar-refractivity contribution is 7.80. The van der Waals surface area contributed by atoms with Crippen molar-refractivity contribution in [1.29, 1.82) is 0 Å². The molecule has 0 atom stereocenters. The summed E-state index contributed by atoms with van der Waals surface area (Å²) in [5, 5.41) is 0.0798. The van der Waals surface area contributed by atoms with E-state index < -0.39 is 5.82 Å². The first-order chi connectivity index (χ1) is 6.94.